The van der Waals surface area contributed by atoms with Gasteiger partial charge in [0.2, 0.25) is 5.92 Å². The number of anilines is 1. The third-order valence-corrected chi connectivity index (χ3v) is 9.88. The Bertz CT molecular complexity index is 1610. The largest absolute Gasteiger partial charge is 0.416 e. The second kappa shape index (κ2) is 11.7. The van der Waals surface area contributed by atoms with Gasteiger partial charge in [-0.05, 0) is 60.8 Å². The van der Waals surface area contributed by atoms with Gasteiger partial charge in [0.25, 0.3) is 5.91 Å². The Labute approximate surface area is 264 Å². The minimum Gasteiger partial charge on any atom is -0.315 e. The van der Waals surface area contributed by atoms with Crippen LogP contribution in [0.2, 0.25) is 0 Å². The highest BCUT2D eigenvalue weighted by Crippen LogP contribution is 2.60. The van der Waals surface area contributed by atoms with E-state index in [4.69, 9.17) is 0 Å². The van der Waals surface area contributed by atoms with Crippen molar-refractivity contribution in [2.75, 3.05) is 31.6 Å². The van der Waals surface area contributed by atoms with Gasteiger partial charge in [0, 0.05) is 68.3 Å². The van der Waals surface area contributed by atoms with E-state index in [9.17, 15) is 26.7 Å². The third-order valence-electron chi connectivity index (χ3n) is 9.88. The van der Waals surface area contributed by atoms with E-state index in [1.807, 2.05) is 7.05 Å². The van der Waals surface area contributed by atoms with Crippen LogP contribution in [0.4, 0.5) is 32.0 Å². The Hall–Kier alpha value is -3.45. The van der Waals surface area contributed by atoms with Crippen LogP contribution in [0.25, 0.3) is 0 Å². The summed E-state index contributed by atoms with van der Waals surface area (Å²) in [6.07, 6.45) is -6.83. The molecule has 0 N–H and O–H groups in total. The third kappa shape index (κ3) is 5.69. The van der Waals surface area contributed by atoms with Crippen molar-refractivity contribution in [3.05, 3.63) is 76.4 Å². The summed E-state index contributed by atoms with van der Waals surface area (Å²) in [6, 6.07) is 8.86. The molecule has 3 aromatic rings. The van der Waals surface area contributed by atoms with E-state index in [1.54, 1.807) is 13.0 Å². The minimum atomic E-state index is -4.70. The number of hydrogen-bond acceptors (Lipinski definition) is 5. The van der Waals surface area contributed by atoms with Crippen molar-refractivity contribution in [2.45, 2.75) is 83.0 Å². The molecule has 0 radical (unpaired) electrons. The number of nitrogens with zero attached hydrogens (tertiary/aromatic N) is 6. The van der Waals surface area contributed by atoms with Gasteiger partial charge in [0.15, 0.2) is 12.0 Å². The van der Waals surface area contributed by atoms with E-state index in [1.165, 1.54) is 40.1 Å². The van der Waals surface area contributed by atoms with Crippen molar-refractivity contribution in [3.8, 4) is 0 Å². The Morgan fingerprint density at radius 2 is 1.83 bits per heavy atom. The molecule has 2 aromatic carbocycles. The Kier molecular flexibility index (Phi) is 8.23. The van der Waals surface area contributed by atoms with Crippen LogP contribution in [0.15, 0.2) is 42.7 Å². The highest BCUT2D eigenvalue weighted by molar-refractivity contribution is 6.10. The van der Waals surface area contributed by atoms with Crippen molar-refractivity contribution >= 4 is 11.6 Å². The first-order chi connectivity index (χ1) is 21.6. The zero-order chi connectivity index (χ0) is 33.2. The van der Waals surface area contributed by atoms with Gasteiger partial charge in [0.1, 0.15) is 6.33 Å². The second-order valence-electron chi connectivity index (χ2n) is 13.4. The van der Waals surface area contributed by atoms with E-state index >= 15 is 4.39 Å². The van der Waals surface area contributed by atoms with Gasteiger partial charge in [-0.15, -0.1) is 10.2 Å². The first-order valence-electron chi connectivity index (χ1n) is 15.6. The average molecular weight is 649 g/mol. The summed E-state index contributed by atoms with van der Waals surface area (Å²) < 4.78 is 89.9. The zero-order valence-electron chi connectivity index (χ0n) is 26.3. The monoisotopic (exact) mass is 648 g/mol. The number of likely N-dealkylation sites (N-methyl/N-ethyl adjacent to an activating group) is 1. The van der Waals surface area contributed by atoms with E-state index in [-0.39, 0.29) is 53.3 Å². The number of rotatable bonds is 8. The average Bonchev–Trinajstić information content (AvgIpc) is 3.60. The Balaban J connectivity index is 1.34. The van der Waals surface area contributed by atoms with Gasteiger partial charge in [-0.3, -0.25) is 9.69 Å². The molecule has 1 aromatic heterocycles. The molecular weight excluding hydrogens is 610 g/mol. The summed E-state index contributed by atoms with van der Waals surface area (Å²) in [5.74, 6) is -3.51. The number of aromatic nitrogens is 3. The van der Waals surface area contributed by atoms with Gasteiger partial charge in [0.05, 0.1) is 12.1 Å². The van der Waals surface area contributed by atoms with E-state index in [0.717, 1.165) is 19.2 Å². The molecule has 46 heavy (non-hydrogen) atoms. The molecule has 1 amide bonds. The minimum absolute atomic E-state index is 0.0326. The summed E-state index contributed by atoms with van der Waals surface area (Å²) in [5, 5.41) is 7.62. The lowest BCUT2D eigenvalue weighted by molar-refractivity contribution is -0.151. The maximum atomic E-state index is 16.2. The van der Waals surface area contributed by atoms with Crippen LogP contribution >= 0.6 is 0 Å². The molecule has 0 spiro atoms. The fourth-order valence-corrected chi connectivity index (χ4v) is 7.41. The molecule has 13 heteroatoms. The van der Waals surface area contributed by atoms with Crippen LogP contribution in [0.5, 0.6) is 0 Å². The summed E-state index contributed by atoms with van der Waals surface area (Å²) >= 11 is 0. The summed E-state index contributed by atoms with van der Waals surface area (Å²) in [7, 11) is 2.02. The topological polar surface area (TPSA) is 57.5 Å². The van der Waals surface area contributed by atoms with Gasteiger partial charge in [-0.25, -0.2) is 13.2 Å². The molecule has 1 aliphatic carbocycles. The Morgan fingerprint density at radius 1 is 1.09 bits per heavy atom. The standard InChI is InChI=1S/C33H38F6N6O/c1-5-43-19-40-41-29(43)28(34)31(17-32(35,36)18-31)22-7-6-8-23(13-22)45-15-25-24(30(45)46)11-21(12-26(25)33(37,38)39)14-44-10-9-42(4)16-27(44)20(2)3/h6-8,11-13,19-20,27-28H,5,9-10,14-18H2,1-4H3/t27-,28?/m1/s1. The van der Waals surface area contributed by atoms with Crippen LogP contribution in [0, 0.1) is 5.92 Å². The van der Waals surface area contributed by atoms with E-state index in [0.29, 0.717) is 18.7 Å². The molecule has 248 valence electrons. The van der Waals surface area contributed by atoms with E-state index in [2.05, 4.69) is 33.8 Å². The first kappa shape index (κ1) is 32.5. The lowest BCUT2D eigenvalue weighted by atomic mass is 9.59. The van der Waals surface area contributed by atoms with Crippen LogP contribution in [0.3, 0.4) is 0 Å². The number of amides is 1. The number of benzene rings is 2. The molecule has 2 fully saturated rings. The quantitative estimate of drug-likeness (QED) is 0.257. The van der Waals surface area contributed by atoms with Crippen molar-refractivity contribution in [3.63, 3.8) is 0 Å². The van der Waals surface area contributed by atoms with E-state index < -0.39 is 48.0 Å². The number of piperazine rings is 1. The fraction of sp³-hybridized carbons (Fsp3) is 0.545. The number of carbonyl (C=O) groups excluding carboxylic acids is 1. The number of aryl methyl sites for hydroxylation is 1. The second-order valence-corrected chi connectivity index (χ2v) is 13.4. The Morgan fingerprint density at radius 3 is 2.48 bits per heavy atom. The first-order valence-corrected chi connectivity index (χ1v) is 15.6. The molecule has 2 aliphatic heterocycles. The molecule has 3 heterocycles. The number of carbonyl (C=O) groups is 1. The fourth-order valence-electron chi connectivity index (χ4n) is 7.41. The molecule has 1 saturated heterocycles. The molecule has 7 nitrogen and oxygen atoms in total. The van der Waals surface area contributed by atoms with Gasteiger partial charge in [-0.1, -0.05) is 26.0 Å². The molecule has 0 bridgehead atoms. The normalized spacial score (nSPS) is 22.3. The van der Waals surface area contributed by atoms with Gasteiger partial charge < -0.3 is 14.4 Å². The molecular formula is C33H38F6N6O. The smallest absolute Gasteiger partial charge is 0.315 e. The molecule has 1 saturated carbocycles. The summed E-state index contributed by atoms with van der Waals surface area (Å²) in [6.45, 7) is 8.47. The van der Waals surface area contributed by atoms with Crippen molar-refractivity contribution in [1.29, 1.82) is 0 Å². The lowest BCUT2D eigenvalue weighted by Gasteiger charge is -2.49. The van der Waals surface area contributed by atoms with Crippen LogP contribution < -0.4 is 4.90 Å². The van der Waals surface area contributed by atoms with Crippen LogP contribution in [-0.2, 0) is 31.2 Å². The number of hydrogen-bond donors (Lipinski definition) is 0. The summed E-state index contributed by atoms with van der Waals surface area (Å²) in [5.41, 5.74) is -1.82. The number of fused-ring (bicyclic) bond motifs is 1. The van der Waals surface area contributed by atoms with Crippen molar-refractivity contribution in [1.82, 2.24) is 24.6 Å². The zero-order valence-corrected chi connectivity index (χ0v) is 26.3. The highest BCUT2D eigenvalue weighted by Gasteiger charge is 2.63. The summed E-state index contributed by atoms with van der Waals surface area (Å²) in [4.78, 5) is 19.4. The molecule has 3 aliphatic rings. The predicted octanol–water partition coefficient (Wildman–Crippen LogP) is 6.63. The maximum absolute atomic E-state index is 16.2. The predicted molar refractivity (Wildman–Crippen MR) is 160 cm³/mol. The van der Waals surface area contributed by atoms with Crippen LogP contribution in [0.1, 0.15) is 78.2 Å². The SMILES string of the molecule is CCn1cnnc1C(F)C1(c2cccc(N3Cc4c(cc(CN5CCN(C)C[C@@H]5C(C)C)cc4C(F)(F)F)C3=O)c2)CC(F)(F)C1. The van der Waals surface area contributed by atoms with Crippen molar-refractivity contribution < 1.29 is 31.1 Å². The lowest BCUT2D eigenvalue weighted by Crippen LogP contribution is -2.53. The van der Waals surface area contributed by atoms with Gasteiger partial charge in [-0.2, -0.15) is 13.2 Å². The number of halogens is 6. The highest BCUT2D eigenvalue weighted by atomic mass is 19.4. The number of alkyl halides is 6. The van der Waals surface area contributed by atoms with Crippen LogP contribution in [-0.4, -0.2) is 69.1 Å². The molecule has 6 rings (SSSR count). The maximum Gasteiger partial charge on any atom is 0.416 e. The van der Waals surface area contributed by atoms with Gasteiger partial charge >= 0.3 is 6.18 Å². The molecule has 1 unspecified atom stereocenters. The van der Waals surface area contributed by atoms with Crippen molar-refractivity contribution in [2.24, 2.45) is 5.92 Å². The molecule has 2 atom stereocenters.